The number of hydrogen-bond acceptors (Lipinski definition) is 2. The Morgan fingerprint density at radius 1 is 1.39 bits per heavy atom. The molecule has 0 aromatic heterocycles. The lowest BCUT2D eigenvalue weighted by atomic mass is 10.1. The summed E-state index contributed by atoms with van der Waals surface area (Å²) in [7, 11) is 0. The molecule has 1 rings (SSSR count). The van der Waals surface area contributed by atoms with Crippen molar-refractivity contribution in [1.29, 1.82) is 0 Å². The standard InChI is InChI=1S/C12H13Br2NO3/c1-2-7(12(17)18)6-15-11(16)9-5-8(13)3-4-10(9)14/h3-5,7H,2,6H2,1H3,(H,15,16)(H,17,18). The van der Waals surface area contributed by atoms with Crippen LogP contribution in [-0.2, 0) is 4.79 Å². The summed E-state index contributed by atoms with van der Waals surface area (Å²) in [4.78, 5) is 22.7. The smallest absolute Gasteiger partial charge is 0.308 e. The number of carbonyl (C=O) groups excluding carboxylic acids is 1. The van der Waals surface area contributed by atoms with Crippen LogP contribution in [0.2, 0.25) is 0 Å². The number of carboxylic acids is 1. The van der Waals surface area contributed by atoms with Crippen LogP contribution in [0, 0.1) is 5.92 Å². The monoisotopic (exact) mass is 377 g/mol. The lowest BCUT2D eigenvalue weighted by Crippen LogP contribution is -2.32. The number of halogens is 2. The summed E-state index contributed by atoms with van der Waals surface area (Å²) >= 11 is 6.57. The van der Waals surface area contributed by atoms with E-state index in [1.807, 2.05) is 6.07 Å². The molecular formula is C12H13Br2NO3. The molecule has 18 heavy (non-hydrogen) atoms. The summed E-state index contributed by atoms with van der Waals surface area (Å²) in [6.45, 7) is 1.91. The molecule has 1 amide bonds. The van der Waals surface area contributed by atoms with Crippen LogP contribution in [0.5, 0.6) is 0 Å². The van der Waals surface area contributed by atoms with Crippen LogP contribution in [0.1, 0.15) is 23.7 Å². The Bertz CT molecular complexity index is 463. The van der Waals surface area contributed by atoms with Gasteiger partial charge in [0.1, 0.15) is 0 Å². The summed E-state index contributed by atoms with van der Waals surface area (Å²) < 4.78 is 1.47. The first-order chi connectivity index (χ1) is 8.45. The molecule has 0 saturated carbocycles. The molecule has 6 heteroatoms. The maximum Gasteiger partial charge on any atom is 0.308 e. The molecular weight excluding hydrogens is 366 g/mol. The summed E-state index contributed by atoms with van der Waals surface area (Å²) in [5.41, 5.74) is 0.476. The van der Waals surface area contributed by atoms with E-state index in [4.69, 9.17) is 5.11 Å². The Balaban J connectivity index is 2.71. The fourth-order valence-electron chi connectivity index (χ4n) is 1.39. The molecule has 4 nitrogen and oxygen atoms in total. The second-order valence-electron chi connectivity index (χ2n) is 3.78. The molecule has 2 N–H and O–H groups in total. The van der Waals surface area contributed by atoms with Crippen molar-refractivity contribution in [2.24, 2.45) is 5.92 Å². The van der Waals surface area contributed by atoms with Crippen molar-refractivity contribution in [1.82, 2.24) is 5.32 Å². The van der Waals surface area contributed by atoms with Crippen molar-refractivity contribution < 1.29 is 14.7 Å². The highest BCUT2D eigenvalue weighted by Crippen LogP contribution is 2.21. The zero-order chi connectivity index (χ0) is 13.7. The van der Waals surface area contributed by atoms with Gasteiger partial charge in [0.05, 0.1) is 11.5 Å². The predicted molar refractivity (Wildman–Crippen MR) is 75.6 cm³/mol. The maximum absolute atomic E-state index is 11.9. The van der Waals surface area contributed by atoms with Crippen LogP contribution in [-0.4, -0.2) is 23.5 Å². The molecule has 0 aliphatic heterocycles. The Kier molecular flexibility index (Phi) is 5.81. The minimum atomic E-state index is -0.897. The van der Waals surface area contributed by atoms with Gasteiger partial charge in [-0.15, -0.1) is 0 Å². The second kappa shape index (κ2) is 6.89. The number of carboxylic acid groups (broad SMARTS) is 1. The van der Waals surface area contributed by atoms with Gasteiger partial charge in [0.2, 0.25) is 0 Å². The van der Waals surface area contributed by atoms with Gasteiger partial charge in [-0.1, -0.05) is 22.9 Å². The number of aliphatic carboxylic acids is 1. The fourth-order valence-corrected chi connectivity index (χ4v) is 2.18. The second-order valence-corrected chi connectivity index (χ2v) is 5.55. The molecule has 0 radical (unpaired) electrons. The Morgan fingerprint density at radius 3 is 2.61 bits per heavy atom. The molecule has 1 unspecified atom stereocenters. The van der Waals surface area contributed by atoms with Gasteiger partial charge in [-0.3, -0.25) is 9.59 Å². The van der Waals surface area contributed by atoms with Gasteiger partial charge in [-0.05, 0) is 40.5 Å². The Labute approximate surface area is 122 Å². The average Bonchev–Trinajstić information content (AvgIpc) is 2.32. The zero-order valence-electron chi connectivity index (χ0n) is 9.74. The van der Waals surface area contributed by atoms with E-state index in [1.165, 1.54) is 0 Å². The van der Waals surface area contributed by atoms with E-state index >= 15 is 0 Å². The first kappa shape index (κ1) is 15.2. The van der Waals surface area contributed by atoms with Crippen LogP contribution in [0.4, 0.5) is 0 Å². The van der Waals surface area contributed by atoms with E-state index in [1.54, 1.807) is 19.1 Å². The molecule has 0 heterocycles. The molecule has 1 aromatic rings. The van der Waals surface area contributed by atoms with Gasteiger partial charge in [0.15, 0.2) is 0 Å². The number of benzene rings is 1. The Morgan fingerprint density at radius 2 is 2.06 bits per heavy atom. The lowest BCUT2D eigenvalue weighted by molar-refractivity contribution is -0.141. The van der Waals surface area contributed by atoms with Crippen molar-refractivity contribution >= 4 is 43.7 Å². The van der Waals surface area contributed by atoms with Crippen LogP contribution >= 0.6 is 31.9 Å². The van der Waals surface area contributed by atoms with E-state index in [-0.39, 0.29) is 12.5 Å². The molecule has 0 bridgehead atoms. The van der Waals surface area contributed by atoms with Crippen molar-refractivity contribution in [2.75, 3.05) is 6.54 Å². The molecule has 1 atom stereocenters. The molecule has 0 saturated heterocycles. The summed E-state index contributed by atoms with van der Waals surface area (Å²) in [6, 6.07) is 5.25. The van der Waals surface area contributed by atoms with Crippen LogP contribution in [0.3, 0.4) is 0 Å². The normalized spacial score (nSPS) is 11.9. The third-order valence-corrected chi connectivity index (χ3v) is 3.71. The number of rotatable bonds is 5. The summed E-state index contributed by atoms with van der Waals surface area (Å²) in [6.07, 6.45) is 0.481. The van der Waals surface area contributed by atoms with Gasteiger partial charge in [0, 0.05) is 15.5 Å². The largest absolute Gasteiger partial charge is 0.481 e. The molecule has 0 fully saturated rings. The SMILES string of the molecule is CCC(CNC(=O)c1cc(Br)ccc1Br)C(=O)O. The number of amides is 1. The van der Waals surface area contributed by atoms with Gasteiger partial charge >= 0.3 is 5.97 Å². The summed E-state index contributed by atoms with van der Waals surface area (Å²) in [5.74, 6) is -1.74. The number of carbonyl (C=O) groups is 2. The summed E-state index contributed by atoms with van der Waals surface area (Å²) in [5, 5.41) is 11.5. The third kappa shape index (κ3) is 4.10. The molecule has 1 aromatic carbocycles. The predicted octanol–water partition coefficient (Wildman–Crippen LogP) is 3.05. The van der Waals surface area contributed by atoms with E-state index < -0.39 is 11.9 Å². The molecule has 0 spiro atoms. The number of nitrogens with one attached hydrogen (secondary N) is 1. The average molecular weight is 379 g/mol. The van der Waals surface area contributed by atoms with E-state index in [0.717, 1.165) is 4.47 Å². The number of hydrogen-bond donors (Lipinski definition) is 2. The highest BCUT2D eigenvalue weighted by atomic mass is 79.9. The van der Waals surface area contributed by atoms with Crippen LogP contribution in [0.15, 0.2) is 27.1 Å². The van der Waals surface area contributed by atoms with Crippen LogP contribution < -0.4 is 5.32 Å². The minimum absolute atomic E-state index is 0.129. The zero-order valence-corrected chi connectivity index (χ0v) is 12.9. The first-order valence-electron chi connectivity index (χ1n) is 5.41. The van der Waals surface area contributed by atoms with Gasteiger partial charge in [-0.2, -0.15) is 0 Å². The van der Waals surface area contributed by atoms with Gasteiger partial charge in [0.25, 0.3) is 5.91 Å². The molecule has 98 valence electrons. The van der Waals surface area contributed by atoms with E-state index in [0.29, 0.717) is 16.5 Å². The first-order valence-corrected chi connectivity index (χ1v) is 7.00. The van der Waals surface area contributed by atoms with Crippen molar-refractivity contribution in [2.45, 2.75) is 13.3 Å². The van der Waals surface area contributed by atoms with Crippen molar-refractivity contribution in [3.63, 3.8) is 0 Å². The van der Waals surface area contributed by atoms with E-state index in [2.05, 4.69) is 37.2 Å². The Hall–Kier alpha value is -0.880. The fraction of sp³-hybridized carbons (Fsp3) is 0.333. The highest BCUT2D eigenvalue weighted by molar-refractivity contribution is 9.11. The third-order valence-electron chi connectivity index (χ3n) is 2.52. The van der Waals surface area contributed by atoms with Gasteiger partial charge in [-0.25, -0.2) is 0 Å². The van der Waals surface area contributed by atoms with E-state index in [9.17, 15) is 9.59 Å². The van der Waals surface area contributed by atoms with Crippen molar-refractivity contribution in [3.05, 3.63) is 32.7 Å². The van der Waals surface area contributed by atoms with Gasteiger partial charge < -0.3 is 10.4 Å². The van der Waals surface area contributed by atoms with Crippen LogP contribution in [0.25, 0.3) is 0 Å². The quantitative estimate of drug-likeness (QED) is 0.827. The molecule has 0 aliphatic rings. The maximum atomic E-state index is 11.9. The lowest BCUT2D eigenvalue weighted by Gasteiger charge is -2.12. The molecule has 0 aliphatic carbocycles. The topological polar surface area (TPSA) is 66.4 Å². The van der Waals surface area contributed by atoms with Crippen molar-refractivity contribution in [3.8, 4) is 0 Å². The highest BCUT2D eigenvalue weighted by Gasteiger charge is 2.17. The minimum Gasteiger partial charge on any atom is -0.481 e.